The zero-order valence-corrected chi connectivity index (χ0v) is 14.4. The molecule has 2 aromatic rings. The molecule has 0 saturated heterocycles. The Kier molecular flexibility index (Phi) is 5.54. The fourth-order valence-corrected chi connectivity index (χ4v) is 3.05. The summed E-state index contributed by atoms with van der Waals surface area (Å²) in [7, 11) is 1.31. The maximum absolute atomic E-state index is 12.5. The van der Waals surface area contributed by atoms with Gasteiger partial charge >= 0.3 is 5.97 Å². The lowest BCUT2D eigenvalue weighted by Gasteiger charge is -2.17. The Labute approximate surface area is 138 Å². The predicted molar refractivity (Wildman–Crippen MR) is 87.3 cm³/mol. The van der Waals surface area contributed by atoms with Gasteiger partial charge in [-0.2, -0.15) is 0 Å². The number of amides is 1. The van der Waals surface area contributed by atoms with Crippen LogP contribution in [0, 0.1) is 12.8 Å². The van der Waals surface area contributed by atoms with Crippen molar-refractivity contribution in [1.82, 2.24) is 10.3 Å². The van der Waals surface area contributed by atoms with Crippen LogP contribution in [0.3, 0.4) is 0 Å². The van der Waals surface area contributed by atoms with Crippen LogP contribution < -0.4 is 5.32 Å². The predicted octanol–water partition coefficient (Wildman–Crippen LogP) is 3.03. The number of carbonyl (C=O) groups is 2. The maximum atomic E-state index is 12.5. The molecule has 0 radical (unpaired) electrons. The number of aromatic nitrogens is 1. The molecule has 1 N–H and O–H groups in total. The van der Waals surface area contributed by atoms with Gasteiger partial charge in [-0.25, -0.2) is 9.78 Å². The van der Waals surface area contributed by atoms with Crippen molar-refractivity contribution >= 4 is 23.2 Å². The number of rotatable bonds is 6. The summed E-state index contributed by atoms with van der Waals surface area (Å²) in [5, 5.41) is 3.35. The minimum atomic E-state index is -0.680. The van der Waals surface area contributed by atoms with Crippen molar-refractivity contribution in [2.75, 3.05) is 7.11 Å². The standard InChI is InChI=1S/C16H20N2O4S/c1-9(2)8-11(16(20)21-4)17-14(19)13-10(3)23-15(18-13)12-6-5-7-22-12/h5-7,9,11H,8H2,1-4H3,(H,17,19). The summed E-state index contributed by atoms with van der Waals surface area (Å²) < 4.78 is 10.1. The monoisotopic (exact) mass is 336 g/mol. The van der Waals surface area contributed by atoms with Gasteiger partial charge in [0, 0.05) is 4.88 Å². The number of carbonyl (C=O) groups excluding carboxylic acids is 2. The van der Waals surface area contributed by atoms with E-state index in [4.69, 9.17) is 9.15 Å². The first kappa shape index (κ1) is 17.2. The number of hydrogen-bond donors (Lipinski definition) is 1. The molecule has 6 nitrogen and oxygen atoms in total. The van der Waals surface area contributed by atoms with E-state index >= 15 is 0 Å². The van der Waals surface area contributed by atoms with Crippen LogP contribution in [0.4, 0.5) is 0 Å². The fraction of sp³-hybridized carbons (Fsp3) is 0.438. The number of thiazole rings is 1. The molecule has 0 bridgehead atoms. The second kappa shape index (κ2) is 7.41. The molecule has 0 saturated carbocycles. The highest BCUT2D eigenvalue weighted by atomic mass is 32.1. The van der Waals surface area contributed by atoms with E-state index in [1.54, 1.807) is 18.4 Å². The highest BCUT2D eigenvalue weighted by Gasteiger charge is 2.25. The lowest BCUT2D eigenvalue weighted by molar-refractivity contribution is -0.143. The van der Waals surface area contributed by atoms with Gasteiger partial charge in [-0.05, 0) is 31.4 Å². The lowest BCUT2D eigenvalue weighted by Crippen LogP contribution is -2.42. The largest absolute Gasteiger partial charge is 0.467 e. The fourth-order valence-electron chi connectivity index (χ4n) is 2.17. The van der Waals surface area contributed by atoms with Crippen LogP contribution in [-0.2, 0) is 9.53 Å². The number of hydrogen-bond acceptors (Lipinski definition) is 6. The van der Waals surface area contributed by atoms with Crippen molar-refractivity contribution in [3.63, 3.8) is 0 Å². The molecule has 2 heterocycles. The molecular formula is C16H20N2O4S. The van der Waals surface area contributed by atoms with Gasteiger partial charge in [-0.1, -0.05) is 13.8 Å². The molecule has 7 heteroatoms. The molecular weight excluding hydrogens is 316 g/mol. The molecule has 124 valence electrons. The van der Waals surface area contributed by atoms with Crippen molar-refractivity contribution in [3.05, 3.63) is 29.0 Å². The summed E-state index contributed by atoms with van der Waals surface area (Å²) in [6.07, 6.45) is 2.06. The van der Waals surface area contributed by atoms with E-state index in [2.05, 4.69) is 10.3 Å². The molecule has 1 atom stereocenters. The van der Waals surface area contributed by atoms with E-state index in [0.717, 1.165) is 4.88 Å². The van der Waals surface area contributed by atoms with E-state index in [1.165, 1.54) is 18.4 Å². The molecule has 1 amide bonds. The average Bonchev–Trinajstić information content (AvgIpc) is 3.14. The van der Waals surface area contributed by atoms with Gasteiger partial charge in [0.2, 0.25) is 0 Å². The highest BCUT2D eigenvalue weighted by molar-refractivity contribution is 7.15. The molecule has 0 aromatic carbocycles. The first-order valence-corrected chi connectivity index (χ1v) is 8.14. The van der Waals surface area contributed by atoms with Crippen molar-refractivity contribution in [2.45, 2.75) is 33.2 Å². The Hall–Kier alpha value is -2.15. The number of furan rings is 1. The summed E-state index contributed by atoms with van der Waals surface area (Å²) in [5.74, 6) is 0.0252. The molecule has 0 fully saturated rings. The van der Waals surface area contributed by atoms with Gasteiger partial charge in [0.05, 0.1) is 13.4 Å². The molecule has 23 heavy (non-hydrogen) atoms. The van der Waals surface area contributed by atoms with Crippen LogP contribution in [0.25, 0.3) is 10.8 Å². The number of ether oxygens (including phenoxy) is 1. The van der Waals surface area contributed by atoms with E-state index in [0.29, 0.717) is 22.9 Å². The van der Waals surface area contributed by atoms with Crippen LogP contribution >= 0.6 is 11.3 Å². The zero-order chi connectivity index (χ0) is 17.0. The smallest absolute Gasteiger partial charge is 0.328 e. The molecule has 0 aliphatic heterocycles. The van der Waals surface area contributed by atoms with Gasteiger partial charge in [0.1, 0.15) is 11.7 Å². The Morgan fingerprint density at radius 1 is 1.43 bits per heavy atom. The van der Waals surface area contributed by atoms with E-state index in [-0.39, 0.29) is 11.8 Å². The number of nitrogens with zero attached hydrogens (tertiary/aromatic N) is 1. The summed E-state index contributed by atoms with van der Waals surface area (Å²) in [6.45, 7) is 5.77. The number of methoxy groups -OCH3 is 1. The van der Waals surface area contributed by atoms with Crippen LogP contribution in [0.2, 0.25) is 0 Å². The second-order valence-electron chi connectivity index (χ2n) is 5.58. The first-order chi connectivity index (χ1) is 10.9. The highest BCUT2D eigenvalue weighted by Crippen LogP contribution is 2.28. The Bertz CT molecular complexity index is 676. The average molecular weight is 336 g/mol. The molecule has 0 aliphatic rings. The normalized spacial score (nSPS) is 12.2. The Balaban J connectivity index is 2.17. The molecule has 2 aromatic heterocycles. The third-order valence-electron chi connectivity index (χ3n) is 3.24. The molecule has 0 spiro atoms. The van der Waals surface area contributed by atoms with Crippen molar-refractivity contribution in [1.29, 1.82) is 0 Å². The summed E-state index contributed by atoms with van der Waals surface area (Å²) >= 11 is 1.37. The van der Waals surface area contributed by atoms with Crippen LogP contribution in [0.5, 0.6) is 0 Å². The summed E-state index contributed by atoms with van der Waals surface area (Å²) in [4.78, 5) is 29.4. The van der Waals surface area contributed by atoms with Gasteiger partial charge in [0.25, 0.3) is 5.91 Å². The number of aryl methyl sites for hydroxylation is 1. The molecule has 0 aliphatic carbocycles. The van der Waals surface area contributed by atoms with Crippen molar-refractivity contribution < 1.29 is 18.7 Å². The SMILES string of the molecule is COC(=O)C(CC(C)C)NC(=O)c1nc(-c2ccco2)sc1C. The zero-order valence-electron chi connectivity index (χ0n) is 13.6. The third-order valence-corrected chi connectivity index (χ3v) is 4.23. The molecule has 1 unspecified atom stereocenters. The van der Waals surface area contributed by atoms with E-state index in [1.807, 2.05) is 20.8 Å². The summed E-state index contributed by atoms with van der Waals surface area (Å²) in [5.41, 5.74) is 0.305. The van der Waals surface area contributed by atoms with Crippen LogP contribution in [-0.4, -0.2) is 30.0 Å². The van der Waals surface area contributed by atoms with Gasteiger partial charge in [-0.15, -0.1) is 11.3 Å². The number of esters is 1. The van der Waals surface area contributed by atoms with Crippen molar-refractivity contribution in [3.8, 4) is 10.8 Å². The topological polar surface area (TPSA) is 81.4 Å². The quantitative estimate of drug-likeness (QED) is 0.820. The van der Waals surface area contributed by atoms with Crippen LogP contribution in [0.15, 0.2) is 22.8 Å². The maximum Gasteiger partial charge on any atom is 0.328 e. The second-order valence-corrected chi connectivity index (χ2v) is 6.78. The lowest BCUT2D eigenvalue weighted by atomic mass is 10.0. The van der Waals surface area contributed by atoms with Crippen molar-refractivity contribution in [2.24, 2.45) is 5.92 Å². The third kappa shape index (κ3) is 4.19. The van der Waals surface area contributed by atoms with Gasteiger partial charge in [0.15, 0.2) is 10.8 Å². The van der Waals surface area contributed by atoms with Crippen LogP contribution in [0.1, 0.15) is 35.6 Å². The Morgan fingerprint density at radius 3 is 2.74 bits per heavy atom. The van der Waals surface area contributed by atoms with Gasteiger partial charge in [-0.3, -0.25) is 4.79 Å². The number of nitrogens with one attached hydrogen (secondary N) is 1. The minimum absolute atomic E-state index is 0.245. The molecule has 2 rings (SSSR count). The minimum Gasteiger partial charge on any atom is -0.467 e. The van der Waals surface area contributed by atoms with E-state index < -0.39 is 12.0 Å². The van der Waals surface area contributed by atoms with E-state index in [9.17, 15) is 9.59 Å². The Morgan fingerprint density at radius 2 is 2.17 bits per heavy atom. The van der Waals surface area contributed by atoms with Gasteiger partial charge < -0.3 is 14.5 Å². The summed E-state index contributed by atoms with van der Waals surface area (Å²) in [6, 6.07) is 2.87. The first-order valence-electron chi connectivity index (χ1n) is 7.32.